The Bertz CT molecular complexity index is 1160. The molecule has 3 heterocycles. The minimum Gasteiger partial charge on any atom is -0.508 e. The van der Waals surface area contributed by atoms with Crippen LogP contribution in [0.15, 0.2) is 65.0 Å². The van der Waals surface area contributed by atoms with Gasteiger partial charge in [-0.05, 0) is 67.3 Å². The lowest BCUT2D eigenvalue weighted by Gasteiger charge is -2.00. The Labute approximate surface area is 189 Å². The van der Waals surface area contributed by atoms with Gasteiger partial charge in [0.2, 0.25) is 0 Å². The van der Waals surface area contributed by atoms with Crippen LogP contribution in [0.2, 0.25) is 0 Å². The number of nitrogens with one attached hydrogen (secondary N) is 2. The van der Waals surface area contributed by atoms with Crippen molar-refractivity contribution in [1.29, 1.82) is 0 Å². The Balaban J connectivity index is 1.52. The maximum absolute atomic E-state index is 9.46. The van der Waals surface area contributed by atoms with Crippen molar-refractivity contribution < 1.29 is 9.84 Å². The van der Waals surface area contributed by atoms with E-state index in [4.69, 9.17) is 9.73 Å². The number of aromatic hydroxyl groups is 1. The fourth-order valence-corrected chi connectivity index (χ4v) is 4.03. The Morgan fingerprint density at radius 2 is 1.88 bits per heavy atom. The summed E-state index contributed by atoms with van der Waals surface area (Å²) in [7, 11) is 1.68. The smallest absolute Gasteiger partial charge is 0.146 e. The van der Waals surface area contributed by atoms with E-state index in [2.05, 4.69) is 42.0 Å². The summed E-state index contributed by atoms with van der Waals surface area (Å²) in [5, 5.41) is 9.46. The first-order valence-corrected chi connectivity index (χ1v) is 11.3. The van der Waals surface area contributed by atoms with E-state index < -0.39 is 0 Å². The summed E-state index contributed by atoms with van der Waals surface area (Å²) in [5.41, 5.74) is 8.51. The number of nitrogens with zero attached hydrogens (tertiary/aromatic N) is 1. The topological polar surface area (TPSA) is 73.4 Å². The van der Waals surface area contributed by atoms with Gasteiger partial charge in [-0.15, -0.1) is 0 Å². The minimum absolute atomic E-state index is 0.281. The van der Waals surface area contributed by atoms with Crippen LogP contribution >= 0.6 is 0 Å². The largest absolute Gasteiger partial charge is 0.508 e. The zero-order chi connectivity index (χ0) is 22.5. The van der Waals surface area contributed by atoms with Gasteiger partial charge in [-0.25, -0.2) is 4.99 Å². The predicted octanol–water partition coefficient (Wildman–Crippen LogP) is 6.05. The molecular formula is C27H31N3O2. The van der Waals surface area contributed by atoms with Crippen molar-refractivity contribution in [3.8, 4) is 5.75 Å². The molecule has 5 heteroatoms. The molecule has 1 aromatic carbocycles. The molecule has 0 unspecified atom stereocenters. The molecule has 3 N–H and O–H groups in total. The SMILES string of the molecule is CCCCCc1cc(/C=C2\N=C(c3ccc(Cc4ccc(O)cc4)[nH]3)C=C2OC)[nH]c1C. The number of hydrogen-bond acceptors (Lipinski definition) is 3. The van der Waals surface area contributed by atoms with Crippen molar-refractivity contribution in [2.24, 2.45) is 4.99 Å². The number of aromatic amines is 2. The molecule has 166 valence electrons. The molecule has 32 heavy (non-hydrogen) atoms. The average Bonchev–Trinajstić information content (AvgIpc) is 3.49. The minimum atomic E-state index is 0.281. The van der Waals surface area contributed by atoms with Crippen LogP contribution < -0.4 is 0 Å². The fourth-order valence-electron chi connectivity index (χ4n) is 4.03. The van der Waals surface area contributed by atoms with Gasteiger partial charge in [0.1, 0.15) is 17.2 Å². The standard InChI is InChI=1S/C27H31N3O2/c1-4-5-6-7-20-15-22(28-18(20)2)16-26-27(32-3)17-25(30-26)24-13-10-21(29-24)14-19-8-11-23(31)12-9-19/h8-13,15-17,28-29,31H,4-7,14H2,1-3H3/b26-16-. The highest BCUT2D eigenvalue weighted by Gasteiger charge is 2.18. The van der Waals surface area contributed by atoms with Gasteiger partial charge in [-0.3, -0.25) is 0 Å². The van der Waals surface area contributed by atoms with Crippen LogP contribution in [0.25, 0.3) is 6.08 Å². The third-order valence-corrected chi connectivity index (χ3v) is 5.82. The number of phenolic OH excluding ortho intramolecular Hbond substituents is 1. The number of unbranched alkanes of at least 4 members (excludes halogenated alkanes) is 2. The molecule has 5 nitrogen and oxygen atoms in total. The molecule has 0 fully saturated rings. The van der Waals surface area contributed by atoms with Gasteiger partial charge < -0.3 is 19.8 Å². The number of aryl methyl sites for hydroxylation is 2. The van der Waals surface area contributed by atoms with Gasteiger partial charge in [0.15, 0.2) is 0 Å². The molecule has 1 aliphatic heterocycles. The molecule has 0 saturated heterocycles. The number of methoxy groups -OCH3 is 1. The number of rotatable bonds is 9. The van der Waals surface area contributed by atoms with Gasteiger partial charge in [-0.2, -0.15) is 0 Å². The van der Waals surface area contributed by atoms with Gasteiger partial charge in [-0.1, -0.05) is 31.9 Å². The lowest BCUT2D eigenvalue weighted by Crippen LogP contribution is -1.96. The number of allylic oxidation sites excluding steroid dienone is 1. The summed E-state index contributed by atoms with van der Waals surface area (Å²) in [6.07, 6.45) is 9.60. The highest BCUT2D eigenvalue weighted by molar-refractivity contribution is 6.11. The first-order valence-electron chi connectivity index (χ1n) is 11.3. The average molecular weight is 430 g/mol. The molecule has 0 bridgehead atoms. The normalized spacial score (nSPS) is 14.7. The van der Waals surface area contributed by atoms with Crippen molar-refractivity contribution in [2.45, 2.75) is 46.0 Å². The quantitative estimate of drug-likeness (QED) is 0.362. The zero-order valence-corrected chi connectivity index (χ0v) is 19.0. The lowest BCUT2D eigenvalue weighted by molar-refractivity contribution is 0.303. The number of benzene rings is 1. The summed E-state index contributed by atoms with van der Waals surface area (Å²) in [6.45, 7) is 4.36. The van der Waals surface area contributed by atoms with Gasteiger partial charge in [0, 0.05) is 29.6 Å². The number of aliphatic imine (C=N–C) groups is 1. The van der Waals surface area contributed by atoms with Crippen molar-refractivity contribution >= 4 is 11.8 Å². The monoisotopic (exact) mass is 429 g/mol. The second kappa shape index (κ2) is 9.77. The van der Waals surface area contributed by atoms with E-state index in [-0.39, 0.29) is 5.75 Å². The highest BCUT2D eigenvalue weighted by Crippen LogP contribution is 2.26. The molecule has 0 saturated carbocycles. The molecule has 0 amide bonds. The van der Waals surface area contributed by atoms with Crippen LogP contribution in [-0.4, -0.2) is 27.9 Å². The molecule has 1 aliphatic rings. The van der Waals surface area contributed by atoms with Crippen LogP contribution in [0.4, 0.5) is 0 Å². The first-order chi connectivity index (χ1) is 15.6. The maximum atomic E-state index is 9.46. The summed E-state index contributed by atoms with van der Waals surface area (Å²) < 4.78 is 5.60. The first kappa shape index (κ1) is 21.8. The zero-order valence-electron chi connectivity index (χ0n) is 19.0. The third-order valence-electron chi connectivity index (χ3n) is 5.82. The number of ether oxygens (including phenoxy) is 1. The summed E-state index contributed by atoms with van der Waals surface area (Å²) in [4.78, 5) is 11.8. The molecule has 4 rings (SSSR count). The third kappa shape index (κ3) is 5.05. The van der Waals surface area contributed by atoms with E-state index in [1.165, 1.54) is 30.5 Å². The number of hydrogen-bond donors (Lipinski definition) is 3. The number of aromatic nitrogens is 2. The lowest BCUT2D eigenvalue weighted by atomic mass is 10.1. The van der Waals surface area contributed by atoms with Crippen LogP contribution in [0.3, 0.4) is 0 Å². The van der Waals surface area contributed by atoms with E-state index in [1.54, 1.807) is 19.2 Å². The van der Waals surface area contributed by atoms with E-state index >= 15 is 0 Å². The molecule has 0 aliphatic carbocycles. The van der Waals surface area contributed by atoms with Gasteiger partial charge >= 0.3 is 0 Å². The van der Waals surface area contributed by atoms with E-state index in [1.807, 2.05) is 24.3 Å². The summed E-state index contributed by atoms with van der Waals surface area (Å²) >= 11 is 0. The molecule has 0 spiro atoms. The van der Waals surface area contributed by atoms with Crippen molar-refractivity contribution in [3.05, 3.63) is 93.9 Å². The Kier molecular flexibility index (Phi) is 6.64. The van der Waals surface area contributed by atoms with Crippen LogP contribution in [0, 0.1) is 6.92 Å². The summed E-state index contributed by atoms with van der Waals surface area (Å²) in [6, 6.07) is 13.6. The van der Waals surface area contributed by atoms with Crippen molar-refractivity contribution in [1.82, 2.24) is 9.97 Å². The van der Waals surface area contributed by atoms with Crippen LogP contribution in [0.1, 0.15) is 60.1 Å². The van der Waals surface area contributed by atoms with E-state index in [0.717, 1.165) is 52.7 Å². The summed E-state index contributed by atoms with van der Waals surface area (Å²) in [5.74, 6) is 1.04. The highest BCUT2D eigenvalue weighted by atomic mass is 16.5. The molecule has 0 atom stereocenters. The molecular weight excluding hydrogens is 398 g/mol. The second-order valence-corrected chi connectivity index (χ2v) is 8.31. The molecule has 3 aromatic rings. The number of H-pyrrole nitrogens is 2. The second-order valence-electron chi connectivity index (χ2n) is 8.31. The molecule has 2 aromatic heterocycles. The molecule has 0 radical (unpaired) electrons. The van der Waals surface area contributed by atoms with Crippen LogP contribution in [-0.2, 0) is 17.6 Å². The Hall–Kier alpha value is -3.47. The Morgan fingerprint density at radius 3 is 2.62 bits per heavy atom. The van der Waals surface area contributed by atoms with Crippen LogP contribution in [0.5, 0.6) is 5.75 Å². The predicted molar refractivity (Wildman–Crippen MR) is 130 cm³/mol. The fraction of sp³-hybridized carbons (Fsp3) is 0.296. The number of phenols is 1. The van der Waals surface area contributed by atoms with Gasteiger partial charge in [0.25, 0.3) is 0 Å². The maximum Gasteiger partial charge on any atom is 0.146 e. The Morgan fingerprint density at radius 1 is 1.06 bits per heavy atom. The van der Waals surface area contributed by atoms with Crippen molar-refractivity contribution in [3.63, 3.8) is 0 Å². The van der Waals surface area contributed by atoms with E-state index in [0.29, 0.717) is 0 Å². The van der Waals surface area contributed by atoms with Crippen molar-refractivity contribution in [2.75, 3.05) is 7.11 Å². The van der Waals surface area contributed by atoms with E-state index in [9.17, 15) is 5.11 Å². The van der Waals surface area contributed by atoms with Gasteiger partial charge in [0.05, 0.1) is 18.5 Å².